The number of carbonyl (C=O) groups is 1. The molecule has 0 aliphatic rings. The van der Waals surface area contributed by atoms with Crippen LogP contribution in [0.25, 0.3) is 10.9 Å². The molecular weight excluding hydrogens is 269 g/mol. The molecule has 0 saturated carbocycles. The first kappa shape index (κ1) is 13.3. The highest BCUT2D eigenvalue weighted by atomic mass is 19.1. The molecule has 0 spiro atoms. The first-order valence-electron chi connectivity index (χ1n) is 6.68. The third-order valence-electron chi connectivity index (χ3n) is 3.28. The van der Waals surface area contributed by atoms with Crippen molar-refractivity contribution in [2.75, 3.05) is 6.54 Å². The van der Waals surface area contributed by atoms with Crippen molar-refractivity contribution in [3.05, 3.63) is 65.9 Å². The van der Waals surface area contributed by atoms with Gasteiger partial charge in [0.1, 0.15) is 0 Å². The number of carbonyl (C=O) groups excluding carboxylic acids is 1. The summed E-state index contributed by atoms with van der Waals surface area (Å²) in [5.74, 6) is -1.04. The summed E-state index contributed by atoms with van der Waals surface area (Å²) in [4.78, 5) is 18.7. The van der Waals surface area contributed by atoms with Crippen LogP contribution in [0.15, 0.2) is 48.8 Å². The molecule has 0 bridgehead atoms. The van der Waals surface area contributed by atoms with Crippen molar-refractivity contribution in [3.63, 3.8) is 0 Å². The van der Waals surface area contributed by atoms with E-state index < -0.39 is 11.7 Å². The van der Waals surface area contributed by atoms with E-state index in [2.05, 4.69) is 21.4 Å². The number of nitrogens with zero attached hydrogens (tertiary/aromatic N) is 1. The molecule has 2 aromatic heterocycles. The fourth-order valence-electron chi connectivity index (χ4n) is 2.23. The van der Waals surface area contributed by atoms with Gasteiger partial charge in [0, 0.05) is 30.4 Å². The van der Waals surface area contributed by atoms with Gasteiger partial charge < -0.3 is 10.3 Å². The number of pyridine rings is 1. The highest BCUT2D eigenvalue weighted by molar-refractivity contribution is 5.94. The summed E-state index contributed by atoms with van der Waals surface area (Å²) in [5.41, 5.74) is 2.12. The predicted molar refractivity (Wildman–Crippen MR) is 78.5 cm³/mol. The second-order valence-corrected chi connectivity index (χ2v) is 4.74. The minimum atomic E-state index is -0.611. The number of amides is 1. The third-order valence-corrected chi connectivity index (χ3v) is 3.28. The van der Waals surface area contributed by atoms with Gasteiger partial charge >= 0.3 is 0 Å². The summed E-state index contributed by atoms with van der Waals surface area (Å²) in [7, 11) is 0. The van der Waals surface area contributed by atoms with E-state index in [0.717, 1.165) is 22.8 Å². The van der Waals surface area contributed by atoms with Crippen LogP contribution in [0.5, 0.6) is 0 Å². The Morgan fingerprint density at radius 3 is 2.95 bits per heavy atom. The molecule has 3 rings (SSSR count). The van der Waals surface area contributed by atoms with E-state index in [4.69, 9.17) is 0 Å². The fourth-order valence-corrected chi connectivity index (χ4v) is 2.23. The van der Waals surface area contributed by atoms with Crippen LogP contribution in [0, 0.1) is 5.82 Å². The number of hydrogen-bond donors (Lipinski definition) is 2. The quantitative estimate of drug-likeness (QED) is 0.773. The average molecular weight is 283 g/mol. The van der Waals surface area contributed by atoms with Gasteiger partial charge in [-0.15, -0.1) is 0 Å². The molecule has 0 fully saturated rings. The Balaban J connectivity index is 1.61. The van der Waals surface area contributed by atoms with Gasteiger partial charge in [0.05, 0.1) is 11.8 Å². The second kappa shape index (κ2) is 5.75. The van der Waals surface area contributed by atoms with Crippen LogP contribution >= 0.6 is 0 Å². The Kier molecular flexibility index (Phi) is 3.64. The first-order chi connectivity index (χ1) is 10.2. The molecule has 2 heterocycles. The Morgan fingerprint density at radius 2 is 2.14 bits per heavy atom. The van der Waals surface area contributed by atoms with E-state index in [9.17, 15) is 9.18 Å². The highest BCUT2D eigenvalue weighted by Crippen LogP contribution is 2.14. The predicted octanol–water partition coefficient (Wildman–Crippen LogP) is 2.67. The minimum absolute atomic E-state index is 0.0154. The second-order valence-electron chi connectivity index (χ2n) is 4.74. The van der Waals surface area contributed by atoms with Crippen molar-refractivity contribution in [2.24, 2.45) is 0 Å². The van der Waals surface area contributed by atoms with Crippen LogP contribution in [0.3, 0.4) is 0 Å². The van der Waals surface area contributed by atoms with Crippen LogP contribution in [-0.2, 0) is 6.42 Å². The number of aromatic nitrogens is 2. The number of benzene rings is 1. The Bertz CT molecular complexity index is 749. The van der Waals surface area contributed by atoms with E-state index in [-0.39, 0.29) is 5.56 Å². The average Bonchev–Trinajstić information content (AvgIpc) is 2.90. The Hall–Kier alpha value is -2.69. The molecule has 4 nitrogen and oxygen atoms in total. The zero-order chi connectivity index (χ0) is 14.7. The maximum absolute atomic E-state index is 13.4. The maximum atomic E-state index is 13.4. The number of halogens is 1. The lowest BCUT2D eigenvalue weighted by Crippen LogP contribution is -2.26. The van der Waals surface area contributed by atoms with E-state index in [0.29, 0.717) is 13.0 Å². The summed E-state index contributed by atoms with van der Waals surface area (Å²) >= 11 is 0. The standard InChI is InChI=1S/C16H14FN3O/c17-14-10-18-7-6-13(14)16(21)19-8-5-12-9-11-3-1-2-4-15(11)20-12/h1-4,6-7,9-10,20H,5,8H2,(H,19,21). The number of para-hydroxylation sites is 1. The summed E-state index contributed by atoms with van der Waals surface area (Å²) < 4.78 is 13.4. The lowest BCUT2D eigenvalue weighted by Gasteiger charge is -2.04. The van der Waals surface area contributed by atoms with Crippen molar-refractivity contribution in [3.8, 4) is 0 Å². The Labute approximate surface area is 121 Å². The van der Waals surface area contributed by atoms with Crippen LogP contribution in [0.4, 0.5) is 4.39 Å². The van der Waals surface area contributed by atoms with Gasteiger partial charge in [-0.05, 0) is 23.6 Å². The molecule has 0 atom stereocenters. The summed E-state index contributed by atoms with van der Waals surface area (Å²) in [6, 6.07) is 11.4. The van der Waals surface area contributed by atoms with Gasteiger partial charge in [-0.2, -0.15) is 0 Å². The lowest BCUT2D eigenvalue weighted by atomic mass is 10.2. The monoisotopic (exact) mass is 283 g/mol. The summed E-state index contributed by atoms with van der Waals surface area (Å²) in [5, 5.41) is 3.84. The molecule has 1 amide bonds. The third kappa shape index (κ3) is 2.91. The van der Waals surface area contributed by atoms with Gasteiger partial charge in [0.25, 0.3) is 5.91 Å². The molecule has 0 unspecified atom stereocenters. The van der Waals surface area contributed by atoms with Crippen molar-refractivity contribution < 1.29 is 9.18 Å². The van der Waals surface area contributed by atoms with E-state index in [1.807, 2.05) is 24.3 Å². The number of H-pyrrole nitrogens is 1. The van der Waals surface area contributed by atoms with Crippen molar-refractivity contribution in [1.82, 2.24) is 15.3 Å². The SMILES string of the molecule is O=C(NCCc1cc2ccccc2[nH]1)c1ccncc1F. The number of aromatic amines is 1. The van der Waals surface area contributed by atoms with E-state index in [1.165, 1.54) is 12.3 Å². The van der Waals surface area contributed by atoms with Crippen molar-refractivity contribution >= 4 is 16.8 Å². The van der Waals surface area contributed by atoms with Crippen LogP contribution in [-0.4, -0.2) is 22.4 Å². The fraction of sp³-hybridized carbons (Fsp3) is 0.125. The highest BCUT2D eigenvalue weighted by Gasteiger charge is 2.10. The zero-order valence-electron chi connectivity index (χ0n) is 11.3. The Morgan fingerprint density at radius 1 is 1.29 bits per heavy atom. The van der Waals surface area contributed by atoms with Gasteiger partial charge in [0.15, 0.2) is 5.82 Å². The normalized spacial score (nSPS) is 10.7. The molecule has 1 aromatic carbocycles. The van der Waals surface area contributed by atoms with Gasteiger partial charge in [-0.1, -0.05) is 18.2 Å². The number of rotatable bonds is 4. The molecule has 0 aliphatic carbocycles. The summed E-state index contributed by atoms with van der Waals surface area (Å²) in [6.45, 7) is 0.438. The maximum Gasteiger partial charge on any atom is 0.254 e. The van der Waals surface area contributed by atoms with E-state index >= 15 is 0 Å². The van der Waals surface area contributed by atoms with Gasteiger partial charge in [-0.3, -0.25) is 9.78 Å². The molecule has 106 valence electrons. The first-order valence-corrected chi connectivity index (χ1v) is 6.68. The molecule has 0 saturated heterocycles. The van der Waals surface area contributed by atoms with Crippen LogP contribution < -0.4 is 5.32 Å². The van der Waals surface area contributed by atoms with Gasteiger partial charge in [-0.25, -0.2) is 4.39 Å². The number of hydrogen-bond acceptors (Lipinski definition) is 2. The number of fused-ring (bicyclic) bond motifs is 1. The largest absolute Gasteiger partial charge is 0.358 e. The lowest BCUT2D eigenvalue weighted by molar-refractivity contribution is 0.0950. The molecule has 0 radical (unpaired) electrons. The van der Waals surface area contributed by atoms with Crippen molar-refractivity contribution in [2.45, 2.75) is 6.42 Å². The number of nitrogens with one attached hydrogen (secondary N) is 2. The van der Waals surface area contributed by atoms with Crippen LogP contribution in [0.2, 0.25) is 0 Å². The van der Waals surface area contributed by atoms with E-state index in [1.54, 1.807) is 0 Å². The van der Waals surface area contributed by atoms with Crippen LogP contribution in [0.1, 0.15) is 16.1 Å². The minimum Gasteiger partial charge on any atom is -0.358 e. The molecule has 0 aliphatic heterocycles. The molecule has 2 N–H and O–H groups in total. The summed E-state index contributed by atoms with van der Waals surface area (Å²) in [6.07, 6.45) is 3.09. The topological polar surface area (TPSA) is 57.8 Å². The smallest absolute Gasteiger partial charge is 0.254 e. The zero-order valence-corrected chi connectivity index (χ0v) is 11.3. The van der Waals surface area contributed by atoms with Gasteiger partial charge in [0.2, 0.25) is 0 Å². The molecule has 21 heavy (non-hydrogen) atoms. The molecule has 3 aromatic rings. The molecule has 5 heteroatoms. The van der Waals surface area contributed by atoms with Crippen molar-refractivity contribution in [1.29, 1.82) is 0 Å². The molecular formula is C16H14FN3O.